The average Bonchev–Trinajstić information content (AvgIpc) is 3.28. The van der Waals surface area contributed by atoms with Gasteiger partial charge in [0.05, 0.1) is 0 Å². The third-order valence-corrected chi connectivity index (χ3v) is 11.8. The van der Waals surface area contributed by atoms with Gasteiger partial charge in [-0.05, 0) is 96.3 Å². The molecule has 6 nitrogen and oxygen atoms in total. The molecule has 0 aromatic rings. The second kappa shape index (κ2) is 52.0. The number of carbonyl (C=O) groups is 3. The SMILES string of the molecule is CCCC/C=C\C/C=C\CCCCCCCC(=O)O[C@H](COC(=O)CCCCCCC/C=C\CCCCC)COC(=O)CCCCCCCCC/C=C\CCCCCCCCCC. The van der Waals surface area contributed by atoms with Crippen LogP contribution in [0, 0.1) is 0 Å². The van der Waals surface area contributed by atoms with E-state index in [1.54, 1.807) is 0 Å². The van der Waals surface area contributed by atoms with Crippen LogP contribution in [-0.2, 0) is 28.6 Å². The molecule has 0 N–H and O–H groups in total. The molecule has 0 aromatic heterocycles. The van der Waals surface area contributed by atoms with Crippen molar-refractivity contribution in [1.29, 1.82) is 0 Å². The lowest BCUT2D eigenvalue weighted by Crippen LogP contribution is -2.30. The number of esters is 3. The number of allylic oxidation sites excluding steroid dienone is 8. The summed E-state index contributed by atoms with van der Waals surface area (Å²) in [6.07, 6.45) is 62.4. The van der Waals surface area contributed by atoms with Gasteiger partial charge in [-0.15, -0.1) is 0 Å². The highest BCUT2D eigenvalue weighted by molar-refractivity contribution is 5.71. The molecular weight excluding hydrogens is 781 g/mol. The lowest BCUT2D eigenvalue weighted by molar-refractivity contribution is -0.167. The van der Waals surface area contributed by atoms with E-state index in [-0.39, 0.29) is 31.1 Å². The molecule has 0 bridgehead atoms. The van der Waals surface area contributed by atoms with Crippen LogP contribution in [0.1, 0.15) is 278 Å². The third kappa shape index (κ3) is 50.2. The molecule has 0 aliphatic heterocycles. The highest BCUT2D eigenvalue weighted by Crippen LogP contribution is 2.15. The fourth-order valence-corrected chi connectivity index (χ4v) is 7.62. The molecule has 63 heavy (non-hydrogen) atoms. The zero-order valence-corrected chi connectivity index (χ0v) is 41.8. The highest BCUT2D eigenvalue weighted by Gasteiger charge is 2.19. The predicted molar refractivity (Wildman–Crippen MR) is 270 cm³/mol. The van der Waals surface area contributed by atoms with E-state index >= 15 is 0 Å². The fourth-order valence-electron chi connectivity index (χ4n) is 7.62. The molecular formula is C57H102O6. The van der Waals surface area contributed by atoms with Crippen LogP contribution in [0.4, 0.5) is 0 Å². The van der Waals surface area contributed by atoms with Crippen LogP contribution in [0.2, 0.25) is 0 Å². The van der Waals surface area contributed by atoms with Gasteiger partial charge in [-0.1, -0.05) is 211 Å². The van der Waals surface area contributed by atoms with Gasteiger partial charge < -0.3 is 14.2 Å². The number of unbranched alkanes of at least 4 members (excludes halogenated alkanes) is 30. The summed E-state index contributed by atoms with van der Waals surface area (Å²) in [5.41, 5.74) is 0. The minimum Gasteiger partial charge on any atom is -0.462 e. The van der Waals surface area contributed by atoms with Crippen LogP contribution in [0.3, 0.4) is 0 Å². The van der Waals surface area contributed by atoms with Crippen molar-refractivity contribution in [3.63, 3.8) is 0 Å². The average molecular weight is 883 g/mol. The van der Waals surface area contributed by atoms with Gasteiger partial charge >= 0.3 is 17.9 Å². The first kappa shape index (κ1) is 60.4. The van der Waals surface area contributed by atoms with Gasteiger partial charge in [-0.3, -0.25) is 14.4 Å². The summed E-state index contributed by atoms with van der Waals surface area (Å²) < 4.78 is 16.8. The van der Waals surface area contributed by atoms with Gasteiger partial charge in [0.1, 0.15) is 13.2 Å². The van der Waals surface area contributed by atoms with Crippen molar-refractivity contribution in [3.05, 3.63) is 48.6 Å². The molecule has 0 radical (unpaired) electrons. The molecule has 6 heteroatoms. The topological polar surface area (TPSA) is 78.9 Å². The van der Waals surface area contributed by atoms with Gasteiger partial charge in [0.25, 0.3) is 0 Å². The Morgan fingerprint density at radius 1 is 0.317 bits per heavy atom. The van der Waals surface area contributed by atoms with Gasteiger partial charge in [-0.2, -0.15) is 0 Å². The van der Waals surface area contributed by atoms with E-state index in [1.807, 2.05) is 0 Å². The van der Waals surface area contributed by atoms with Crippen LogP contribution in [0.15, 0.2) is 48.6 Å². The fraction of sp³-hybridized carbons (Fsp3) is 0.807. The lowest BCUT2D eigenvalue weighted by atomic mass is 10.1. The summed E-state index contributed by atoms with van der Waals surface area (Å²) in [6.45, 7) is 6.57. The monoisotopic (exact) mass is 883 g/mol. The molecule has 0 heterocycles. The summed E-state index contributed by atoms with van der Waals surface area (Å²) in [7, 11) is 0. The van der Waals surface area contributed by atoms with E-state index in [0.717, 1.165) is 89.9 Å². The Bertz CT molecular complexity index is 1110. The van der Waals surface area contributed by atoms with Crippen molar-refractivity contribution in [2.75, 3.05) is 13.2 Å². The van der Waals surface area contributed by atoms with E-state index in [1.165, 1.54) is 148 Å². The van der Waals surface area contributed by atoms with Crippen LogP contribution >= 0.6 is 0 Å². The van der Waals surface area contributed by atoms with Crippen molar-refractivity contribution in [2.45, 2.75) is 284 Å². The molecule has 0 aliphatic carbocycles. The highest BCUT2D eigenvalue weighted by atomic mass is 16.6. The van der Waals surface area contributed by atoms with Crippen molar-refractivity contribution >= 4 is 17.9 Å². The first-order valence-electron chi connectivity index (χ1n) is 27.1. The van der Waals surface area contributed by atoms with Crippen molar-refractivity contribution in [1.82, 2.24) is 0 Å². The summed E-state index contributed by atoms with van der Waals surface area (Å²) in [5.74, 6) is -0.903. The predicted octanol–water partition coefficient (Wildman–Crippen LogP) is 17.9. The summed E-state index contributed by atoms with van der Waals surface area (Å²) in [4.78, 5) is 38.0. The number of hydrogen-bond donors (Lipinski definition) is 0. The molecule has 0 unspecified atom stereocenters. The molecule has 366 valence electrons. The largest absolute Gasteiger partial charge is 0.462 e. The van der Waals surface area contributed by atoms with Crippen LogP contribution < -0.4 is 0 Å². The molecule has 1 atom stereocenters. The second-order valence-corrected chi connectivity index (χ2v) is 18.1. The van der Waals surface area contributed by atoms with Gasteiger partial charge in [0, 0.05) is 19.3 Å². The van der Waals surface area contributed by atoms with Crippen molar-refractivity contribution in [3.8, 4) is 0 Å². The molecule has 0 aliphatic rings. The van der Waals surface area contributed by atoms with E-state index in [0.29, 0.717) is 19.3 Å². The standard InChI is InChI=1S/C57H102O6/c1-4-7-10-13-16-19-22-25-27-28-29-30-31-33-35-38-41-44-47-50-56(59)62-53-54(52-61-55(58)49-46-43-40-37-34-24-21-18-15-12-9-6-3)63-57(60)51-48-45-42-39-36-32-26-23-20-17-14-11-8-5-2/h14,17-18,21,23,26,28-29,54H,4-13,15-16,19-20,22,24-25,27,30-53H2,1-3H3/b17-14-,21-18-,26-23-,29-28-/t54-/m1/s1. The normalized spacial score (nSPS) is 12.4. The maximum absolute atomic E-state index is 12.8. The van der Waals surface area contributed by atoms with Crippen LogP contribution in [0.25, 0.3) is 0 Å². The Kier molecular flexibility index (Phi) is 49.8. The second-order valence-electron chi connectivity index (χ2n) is 18.1. The van der Waals surface area contributed by atoms with Crippen molar-refractivity contribution in [2.24, 2.45) is 0 Å². The van der Waals surface area contributed by atoms with E-state index < -0.39 is 6.10 Å². The van der Waals surface area contributed by atoms with Crippen molar-refractivity contribution < 1.29 is 28.6 Å². The van der Waals surface area contributed by atoms with Gasteiger partial charge in [0.15, 0.2) is 6.10 Å². The molecule has 0 fully saturated rings. The Morgan fingerprint density at radius 2 is 0.587 bits per heavy atom. The summed E-state index contributed by atoms with van der Waals surface area (Å²) in [5, 5.41) is 0. The molecule has 0 aromatic carbocycles. The first-order chi connectivity index (χ1) is 31.0. The molecule has 0 amide bonds. The third-order valence-electron chi connectivity index (χ3n) is 11.8. The number of ether oxygens (including phenoxy) is 3. The number of carbonyl (C=O) groups excluding carboxylic acids is 3. The molecule has 0 spiro atoms. The Hall–Kier alpha value is -2.63. The summed E-state index contributed by atoms with van der Waals surface area (Å²) in [6, 6.07) is 0. The van der Waals surface area contributed by atoms with E-state index in [4.69, 9.17) is 14.2 Å². The maximum atomic E-state index is 12.8. The minimum atomic E-state index is -0.784. The Balaban J connectivity index is 4.35. The van der Waals surface area contributed by atoms with E-state index in [9.17, 15) is 14.4 Å². The van der Waals surface area contributed by atoms with Gasteiger partial charge in [0.2, 0.25) is 0 Å². The van der Waals surface area contributed by atoms with Crippen LogP contribution in [-0.4, -0.2) is 37.2 Å². The van der Waals surface area contributed by atoms with E-state index in [2.05, 4.69) is 69.4 Å². The smallest absolute Gasteiger partial charge is 0.306 e. The number of hydrogen-bond acceptors (Lipinski definition) is 6. The van der Waals surface area contributed by atoms with Crippen LogP contribution in [0.5, 0.6) is 0 Å². The minimum absolute atomic E-state index is 0.0828. The number of rotatable bonds is 49. The maximum Gasteiger partial charge on any atom is 0.306 e. The van der Waals surface area contributed by atoms with Gasteiger partial charge in [-0.25, -0.2) is 0 Å². The zero-order chi connectivity index (χ0) is 45.8. The summed E-state index contributed by atoms with van der Waals surface area (Å²) >= 11 is 0. The molecule has 0 saturated carbocycles. The Morgan fingerprint density at radius 3 is 0.968 bits per heavy atom. The quantitative estimate of drug-likeness (QED) is 0.0262. The first-order valence-corrected chi connectivity index (χ1v) is 27.1. The molecule has 0 saturated heterocycles. The molecule has 0 rings (SSSR count). The lowest BCUT2D eigenvalue weighted by Gasteiger charge is -2.18. The Labute approximate surface area is 390 Å². The zero-order valence-electron chi connectivity index (χ0n) is 41.8.